The molecular formula is C25H26N6O2. The Morgan fingerprint density at radius 1 is 0.909 bits per heavy atom. The van der Waals surface area contributed by atoms with Gasteiger partial charge in [-0.15, -0.1) is 0 Å². The van der Waals surface area contributed by atoms with Crippen LogP contribution in [0.4, 0.5) is 17.5 Å². The molecule has 168 valence electrons. The molecule has 0 bridgehead atoms. The standard InChI is InChI=1S/C25H26N6O2/c1-30(2)17-19-12-10-18(11-13-19)14-26-24-23(31(32)33)16-28-25(29-24)27-15-21-8-5-7-20-6-3-4-9-22(20)21/h3-13,16H,14-15,17H2,1-2H3,(H2,26,27,28,29). The summed E-state index contributed by atoms with van der Waals surface area (Å²) in [6.45, 7) is 1.78. The zero-order chi connectivity index (χ0) is 23.2. The molecule has 0 aliphatic rings. The predicted octanol–water partition coefficient (Wildman–Crippen LogP) is 4.82. The summed E-state index contributed by atoms with van der Waals surface area (Å²) in [6.07, 6.45) is 1.24. The van der Waals surface area contributed by atoms with Gasteiger partial charge in [-0.3, -0.25) is 10.1 Å². The van der Waals surface area contributed by atoms with Crippen molar-refractivity contribution in [3.63, 3.8) is 0 Å². The van der Waals surface area contributed by atoms with Crippen molar-refractivity contribution in [3.05, 3.63) is 99.7 Å². The van der Waals surface area contributed by atoms with Crippen LogP contribution in [0.2, 0.25) is 0 Å². The Labute approximate surface area is 192 Å². The second-order valence-corrected chi connectivity index (χ2v) is 8.08. The smallest absolute Gasteiger partial charge is 0.329 e. The number of aromatic nitrogens is 2. The highest BCUT2D eigenvalue weighted by Crippen LogP contribution is 2.24. The van der Waals surface area contributed by atoms with Gasteiger partial charge in [0, 0.05) is 19.6 Å². The fourth-order valence-electron chi connectivity index (χ4n) is 3.66. The topological polar surface area (TPSA) is 96.2 Å². The lowest BCUT2D eigenvalue weighted by Crippen LogP contribution is -2.11. The molecule has 0 unspecified atom stereocenters. The molecule has 2 N–H and O–H groups in total. The Kier molecular flexibility index (Phi) is 6.75. The van der Waals surface area contributed by atoms with Gasteiger partial charge in [-0.1, -0.05) is 66.7 Å². The van der Waals surface area contributed by atoms with Crippen LogP contribution in [0, 0.1) is 10.1 Å². The molecule has 0 aliphatic carbocycles. The number of anilines is 2. The quantitative estimate of drug-likeness (QED) is 0.283. The first kappa shape index (κ1) is 22.2. The molecule has 4 aromatic rings. The van der Waals surface area contributed by atoms with E-state index >= 15 is 0 Å². The highest BCUT2D eigenvalue weighted by Gasteiger charge is 2.17. The second kappa shape index (κ2) is 10.1. The van der Waals surface area contributed by atoms with Crippen LogP contribution in [0.25, 0.3) is 10.8 Å². The average Bonchev–Trinajstić information content (AvgIpc) is 2.82. The Balaban J connectivity index is 1.48. The molecule has 33 heavy (non-hydrogen) atoms. The fraction of sp³-hybridized carbons (Fsp3) is 0.200. The van der Waals surface area contributed by atoms with Crippen molar-refractivity contribution >= 4 is 28.2 Å². The molecular weight excluding hydrogens is 416 g/mol. The Bertz CT molecular complexity index is 1250. The minimum atomic E-state index is -0.475. The molecule has 0 saturated carbocycles. The van der Waals surface area contributed by atoms with Crippen molar-refractivity contribution in [2.75, 3.05) is 24.7 Å². The van der Waals surface area contributed by atoms with E-state index in [1.807, 2.05) is 50.5 Å². The zero-order valence-corrected chi connectivity index (χ0v) is 18.7. The molecule has 0 radical (unpaired) electrons. The molecule has 8 nitrogen and oxygen atoms in total. The van der Waals surface area contributed by atoms with Crippen LogP contribution >= 0.6 is 0 Å². The Morgan fingerprint density at radius 3 is 2.39 bits per heavy atom. The summed E-state index contributed by atoms with van der Waals surface area (Å²) in [4.78, 5) is 21.6. The SMILES string of the molecule is CN(C)Cc1ccc(CNc2nc(NCc3cccc4ccccc34)ncc2[N+](=O)[O-])cc1. The highest BCUT2D eigenvalue weighted by molar-refractivity contribution is 5.85. The molecule has 1 heterocycles. The van der Waals surface area contributed by atoms with Crippen LogP contribution < -0.4 is 10.6 Å². The van der Waals surface area contributed by atoms with E-state index in [0.717, 1.165) is 28.4 Å². The van der Waals surface area contributed by atoms with Crippen molar-refractivity contribution in [1.82, 2.24) is 14.9 Å². The van der Waals surface area contributed by atoms with Gasteiger partial charge in [0.15, 0.2) is 0 Å². The lowest BCUT2D eigenvalue weighted by molar-refractivity contribution is -0.384. The van der Waals surface area contributed by atoms with E-state index in [2.05, 4.69) is 55.8 Å². The van der Waals surface area contributed by atoms with E-state index in [4.69, 9.17) is 0 Å². The maximum absolute atomic E-state index is 11.5. The lowest BCUT2D eigenvalue weighted by Gasteiger charge is -2.12. The number of nitrogens with zero attached hydrogens (tertiary/aromatic N) is 4. The van der Waals surface area contributed by atoms with E-state index < -0.39 is 4.92 Å². The predicted molar refractivity (Wildman–Crippen MR) is 131 cm³/mol. The fourth-order valence-corrected chi connectivity index (χ4v) is 3.66. The van der Waals surface area contributed by atoms with E-state index in [1.165, 1.54) is 11.8 Å². The number of nitrogens with one attached hydrogen (secondary N) is 2. The first-order chi connectivity index (χ1) is 16.0. The van der Waals surface area contributed by atoms with Gasteiger partial charge >= 0.3 is 5.69 Å². The summed E-state index contributed by atoms with van der Waals surface area (Å²) in [6, 6.07) is 22.4. The van der Waals surface area contributed by atoms with Crippen molar-refractivity contribution in [2.24, 2.45) is 0 Å². The molecule has 0 saturated heterocycles. The van der Waals surface area contributed by atoms with Crippen molar-refractivity contribution < 1.29 is 4.92 Å². The van der Waals surface area contributed by atoms with E-state index in [9.17, 15) is 10.1 Å². The number of nitro groups is 1. The molecule has 0 atom stereocenters. The Morgan fingerprint density at radius 2 is 1.64 bits per heavy atom. The molecule has 0 fully saturated rings. The first-order valence-electron chi connectivity index (χ1n) is 10.7. The summed E-state index contributed by atoms with van der Waals surface area (Å²) in [5.74, 6) is 0.519. The molecule has 0 amide bonds. The minimum Gasteiger partial charge on any atom is -0.360 e. The molecule has 3 aromatic carbocycles. The van der Waals surface area contributed by atoms with E-state index in [1.54, 1.807) is 0 Å². The van der Waals surface area contributed by atoms with Gasteiger partial charge in [0.05, 0.1) is 4.92 Å². The van der Waals surface area contributed by atoms with Crippen molar-refractivity contribution in [3.8, 4) is 0 Å². The third kappa shape index (κ3) is 5.61. The van der Waals surface area contributed by atoms with Crippen LogP contribution in [-0.4, -0.2) is 33.9 Å². The number of hydrogen-bond acceptors (Lipinski definition) is 7. The minimum absolute atomic E-state index is 0.157. The highest BCUT2D eigenvalue weighted by atomic mass is 16.6. The van der Waals surface area contributed by atoms with E-state index in [0.29, 0.717) is 19.0 Å². The third-order valence-corrected chi connectivity index (χ3v) is 5.26. The average molecular weight is 443 g/mol. The molecule has 8 heteroatoms. The summed E-state index contributed by atoms with van der Waals surface area (Å²) in [5, 5.41) is 20.1. The summed E-state index contributed by atoms with van der Waals surface area (Å²) in [7, 11) is 4.05. The largest absolute Gasteiger partial charge is 0.360 e. The van der Waals surface area contributed by atoms with Crippen LogP contribution in [0.5, 0.6) is 0 Å². The first-order valence-corrected chi connectivity index (χ1v) is 10.7. The number of fused-ring (bicyclic) bond motifs is 1. The van der Waals surface area contributed by atoms with Crippen LogP contribution in [0.3, 0.4) is 0 Å². The third-order valence-electron chi connectivity index (χ3n) is 5.26. The van der Waals surface area contributed by atoms with Gasteiger partial charge in [-0.2, -0.15) is 4.98 Å². The maximum atomic E-state index is 11.5. The van der Waals surface area contributed by atoms with Crippen LogP contribution in [0.15, 0.2) is 72.9 Å². The maximum Gasteiger partial charge on any atom is 0.329 e. The second-order valence-electron chi connectivity index (χ2n) is 8.08. The number of rotatable bonds is 9. The molecule has 0 aliphatic heterocycles. The number of benzene rings is 3. The van der Waals surface area contributed by atoms with Gasteiger partial charge in [0.1, 0.15) is 6.20 Å². The Hall–Kier alpha value is -4.04. The van der Waals surface area contributed by atoms with Gasteiger partial charge in [-0.25, -0.2) is 4.98 Å². The molecule has 4 rings (SSSR count). The lowest BCUT2D eigenvalue weighted by atomic mass is 10.0. The summed E-state index contributed by atoms with van der Waals surface area (Å²) < 4.78 is 0. The molecule has 0 spiro atoms. The van der Waals surface area contributed by atoms with Gasteiger partial charge in [0.25, 0.3) is 0 Å². The van der Waals surface area contributed by atoms with Crippen molar-refractivity contribution in [1.29, 1.82) is 0 Å². The summed E-state index contributed by atoms with van der Waals surface area (Å²) >= 11 is 0. The van der Waals surface area contributed by atoms with Crippen molar-refractivity contribution in [2.45, 2.75) is 19.6 Å². The zero-order valence-electron chi connectivity index (χ0n) is 18.7. The van der Waals surface area contributed by atoms with Crippen LogP contribution in [-0.2, 0) is 19.6 Å². The number of hydrogen-bond donors (Lipinski definition) is 2. The molecule has 1 aromatic heterocycles. The monoisotopic (exact) mass is 442 g/mol. The van der Waals surface area contributed by atoms with Crippen LogP contribution in [0.1, 0.15) is 16.7 Å². The van der Waals surface area contributed by atoms with Gasteiger partial charge in [0.2, 0.25) is 11.8 Å². The van der Waals surface area contributed by atoms with Gasteiger partial charge in [-0.05, 0) is 41.6 Å². The normalized spacial score (nSPS) is 11.0. The summed E-state index contributed by atoms with van der Waals surface area (Å²) in [5.41, 5.74) is 3.16. The van der Waals surface area contributed by atoms with E-state index in [-0.39, 0.29) is 11.5 Å². The van der Waals surface area contributed by atoms with Gasteiger partial charge < -0.3 is 15.5 Å².